The molecule has 0 aromatic carbocycles. The van der Waals surface area contributed by atoms with Gasteiger partial charge in [0.15, 0.2) is 17.7 Å². The number of rotatable bonds is 5. The lowest BCUT2D eigenvalue weighted by Crippen LogP contribution is -2.45. The van der Waals surface area contributed by atoms with Crippen LogP contribution in [0.3, 0.4) is 0 Å². The van der Waals surface area contributed by atoms with Crippen molar-refractivity contribution in [2.24, 2.45) is 0 Å². The molecule has 0 bridgehead atoms. The van der Waals surface area contributed by atoms with Crippen molar-refractivity contribution in [3.63, 3.8) is 0 Å². The molecule has 22 heavy (non-hydrogen) atoms. The fourth-order valence-electron chi connectivity index (χ4n) is 2.39. The number of fused-ring (bicyclic) bond motifs is 1. The Morgan fingerprint density at radius 1 is 1.45 bits per heavy atom. The van der Waals surface area contributed by atoms with Gasteiger partial charge in [-0.2, -0.15) is 14.6 Å². The second kappa shape index (κ2) is 5.31. The minimum Gasteiger partial charge on any atom is -0.465 e. The SMILES string of the molecule is COC(CC1(c2ccco2)Nc2nc(N)nc(=N)n2N1)OC. The van der Waals surface area contributed by atoms with Gasteiger partial charge in [0, 0.05) is 20.6 Å². The number of ether oxygens (including phenoxy) is 2. The number of hydrogen-bond acceptors (Lipinski definition) is 9. The molecule has 0 aliphatic carbocycles. The summed E-state index contributed by atoms with van der Waals surface area (Å²) in [6, 6.07) is 3.57. The van der Waals surface area contributed by atoms with Gasteiger partial charge in [-0.25, -0.2) is 0 Å². The fraction of sp³-hybridized carbons (Fsp3) is 0.417. The molecule has 1 atom stereocenters. The van der Waals surface area contributed by atoms with Crippen molar-refractivity contribution in [1.82, 2.24) is 14.6 Å². The molecular formula is C12H17N7O3. The first-order valence-electron chi connectivity index (χ1n) is 6.55. The van der Waals surface area contributed by atoms with Crippen molar-refractivity contribution in [2.75, 3.05) is 30.7 Å². The zero-order valence-electron chi connectivity index (χ0n) is 12.2. The van der Waals surface area contributed by atoms with Crippen molar-refractivity contribution in [3.8, 4) is 0 Å². The third kappa shape index (κ3) is 2.27. The zero-order chi connectivity index (χ0) is 15.7. The van der Waals surface area contributed by atoms with E-state index in [0.717, 1.165) is 0 Å². The molecule has 1 aliphatic heterocycles. The molecule has 2 aromatic heterocycles. The summed E-state index contributed by atoms with van der Waals surface area (Å²) < 4.78 is 17.5. The van der Waals surface area contributed by atoms with Crippen molar-refractivity contribution < 1.29 is 13.9 Å². The molecule has 0 spiro atoms. The first kappa shape index (κ1) is 14.4. The molecule has 2 aromatic rings. The molecule has 0 amide bonds. The number of aromatic nitrogens is 3. The van der Waals surface area contributed by atoms with E-state index in [0.29, 0.717) is 18.1 Å². The highest BCUT2D eigenvalue weighted by Gasteiger charge is 2.44. The molecule has 0 fully saturated rings. The number of anilines is 2. The Hall–Kier alpha value is -2.59. The summed E-state index contributed by atoms with van der Waals surface area (Å²) in [4.78, 5) is 7.90. The number of nitrogens with one attached hydrogen (secondary N) is 3. The van der Waals surface area contributed by atoms with Gasteiger partial charge >= 0.3 is 0 Å². The smallest absolute Gasteiger partial charge is 0.247 e. The van der Waals surface area contributed by atoms with Gasteiger partial charge in [0.2, 0.25) is 17.5 Å². The maximum atomic E-state index is 7.90. The topological polar surface area (TPSA) is 136 Å². The summed E-state index contributed by atoms with van der Waals surface area (Å²) in [5.74, 6) is 0.964. The normalized spacial score (nSPS) is 19.8. The molecule has 0 saturated carbocycles. The van der Waals surface area contributed by atoms with Gasteiger partial charge in [0.1, 0.15) is 0 Å². The maximum absolute atomic E-state index is 7.90. The number of nitrogen functional groups attached to an aromatic ring is 1. The van der Waals surface area contributed by atoms with Crippen LogP contribution in [0.15, 0.2) is 22.8 Å². The monoisotopic (exact) mass is 307 g/mol. The molecule has 10 nitrogen and oxygen atoms in total. The first-order valence-corrected chi connectivity index (χ1v) is 6.55. The predicted octanol–water partition coefficient (Wildman–Crippen LogP) is -0.236. The Labute approximate surface area is 125 Å². The molecule has 0 radical (unpaired) electrons. The zero-order valence-corrected chi connectivity index (χ0v) is 12.2. The van der Waals surface area contributed by atoms with Crippen LogP contribution in [0.1, 0.15) is 12.2 Å². The summed E-state index contributed by atoms with van der Waals surface area (Å²) >= 11 is 0. The van der Waals surface area contributed by atoms with Crippen LogP contribution in [0.25, 0.3) is 0 Å². The van der Waals surface area contributed by atoms with E-state index in [-0.39, 0.29) is 11.6 Å². The number of nitrogens with two attached hydrogens (primary N) is 1. The molecule has 1 unspecified atom stereocenters. The van der Waals surface area contributed by atoms with Gasteiger partial charge in [-0.1, -0.05) is 0 Å². The lowest BCUT2D eigenvalue weighted by molar-refractivity contribution is -0.115. The number of methoxy groups -OCH3 is 2. The van der Waals surface area contributed by atoms with E-state index in [1.165, 1.54) is 4.68 Å². The Kier molecular flexibility index (Phi) is 3.47. The van der Waals surface area contributed by atoms with Gasteiger partial charge < -0.3 is 24.9 Å². The molecular weight excluding hydrogens is 290 g/mol. The van der Waals surface area contributed by atoms with E-state index in [4.69, 9.17) is 25.0 Å². The molecule has 3 rings (SSSR count). The quantitative estimate of drug-likeness (QED) is 0.556. The van der Waals surface area contributed by atoms with Gasteiger partial charge in [0.25, 0.3) is 0 Å². The second-order valence-corrected chi connectivity index (χ2v) is 4.79. The third-order valence-electron chi connectivity index (χ3n) is 3.43. The third-order valence-corrected chi connectivity index (χ3v) is 3.43. The van der Waals surface area contributed by atoms with E-state index in [1.54, 1.807) is 32.6 Å². The lowest BCUT2D eigenvalue weighted by atomic mass is 10.0. The second-order valence-electron chi connectivity index (χ2n) is 4.79. The van der Waals surface area contributed by atoms with E-state index in [9.17, 15) is 0 Å². The molecule has 5 N–H and O–H groups in total. The van der Waals surface area contributed by atoms with E-state index in [1.807, 2.05) is 0 Å². The van der Waals surface area contributed by atoms with E-state index < -0.39 is 12.0 Å². The van der Waals surface area contributed by atoms with Crippen molar-refractivity contribution in [1.29, 1.82) is 5.41 Å². The Balaban J connectivity index is 2.03. The van der Waals surface area contributed by atoms with Crippen LogP contribution < -0.4 is 22.1 Å². The predicted molar refractivity (Wildman–Crippen MR) is 76.1 cm³/mol. The van der Waals surface area contributed by atoms with Crippen LogP contribution >= 0.6 is 0 Å². The van der Waals surface area contributed by atoms with Crippen LogP contribution in [-0.2, 0) is 15.1 Å². The molecule has 10 heteroatoms. The molecule has 0 saturated heterocycles. The molecule has 1 aliphatic rings. The van der Waals surface area contributed by atoms with Crippen LogP contribution in [0.5, 0.6) is 0 Å². The minimum atomic E-state index is -0.897. The van der Waals surface area contributed by atoms with Crippen molar-refractivity contribution in [3.05, 3.63) is 29.8 Å². The Morgan fingerprint density at radius 2 is 2.23 bits per heavy atom. The number of furan rings is 1. The Morgan fingerprint density at radius 3 is 2.86 bits per heavy atom. The van der Waals surface area contributed by atoms with Gasteiger partial charge in [-0.05, 0) is 12.1 Å². The van der Waals surface area contributed by atoms with Crippen LogP contribution in [0.4, 0.5) is 11.9 Å². The molecule has 118 valence electrons. The summed E-state index contributed by atoms with van der Waals surface area (Å²) in [6.45, 7) is 0. The highest BCUT2D eigenvalue weighted by molar-refractivity contribution is 5.44. The minimum absolute atomic E-state index is 0.0100. The summed E-state index contributed by atoms with van der Waals surface area (Å²) in [6.07, 6.45) is 1.42. The number of hydrogen-bond donors (Lipinski definition) is 4. The van der Waals surface area contributed by atoms with Gasteiger partial charge in [0.05, 0.1) is 6.26 Å². The molecule has 3 heterocycles. The van der Waals surface area contributed by atoms with Crippen LogP contribution in [-0.4, -0.2) is 35.2 Å². The lowest BCUT2D eigenvalue weighted by Gasteiger charge is -2.30. The van der Waals surface area contributed by atoms with Crippen LogP contribution in [0, 0.1) is 5.41 Å². The fourth-order valence-corrected chi connectivity index (χ4v) is 2.39. The van der Waals surface area contributed by atoms with E-state index in [2.05, 4.69) is 20.7 Å². The highest BCUT2D eigenvalue weighted by Crippen LogP contribution is 2.34. The Bertz CT molecular complexity index is 710. The summed E-state index contributed by atoms with van der Waals surface area (Å²) in [5.41, 5.74) is 7.75. The maximum Gasteiger partial charge on any atom is 0.247 e. The summed E-state index contributed by atoms with van der Waals surface area (Å²) in [7, 11) is 3.10. The summed E-state index contributed by atoms with van der Waals surface area (Å²) in [5, 5.41) is 11.1. The highest BCUT2D eigenvalue weighted by atomic mass is 16.7. The van der Waals surface area contributed by atoms with E-state index >= 15 is 0 Å². The average Bonchev–Trinajstić information content (AvgIpc) is 3.12. The van der Waals surface area contributed by atoms with Crippen LogP contribution in [0.2, 0.25) is 0 Å². The van der Waals surface area contributed by atoms with Crippen molar-refractivity contribution in [2.45, 2.75) is 18.4 Å². The number of nitrogens with zero attached hydrogens (tertiary/aromatic N) is 3. The largest absolute Gasteiger partial charge is 0.465 e. The first-order chi connectivity index (χ1) is 10.6. The van der Waals surface area contributed by atoms with Crippen molar-refractivity contribution >= 4 is 11.9 Å². The van der Waals surface area contributed by atoms with Gasteiger partial charge in [-0.3, -0.25) is 10.8 Å². The average molecular weight is 307 g/mol. The standard InChI is InChI=1S/C12H17N7O3/c1-20-8(21-2)6-12(7-4-3-5-22-7)17-11-16-9(13)15-10(14)19(11)18-12/h3-5,8,18H,6H2,1-2H3,(H4,13,14,15,16,17). The van der Waals surface area contributed by atoms with Gasteiger partial charge in [-0.15, -0.1) is 0 Å².